The lowest BCUT2D eigenvalue weighted by atomic mass is 9.96. The standard InChI is InChI=1S/C15H20ClNO/c1-8(2)5-11-13(7-17)18-12-6-9(3)15(16)10(4)14(11)12/h6,8H,5,7,17H2,1-4H3. The third-order valence-electron chi connectivity index (χ3n) is 3.31. The van der Waals surface area contributed by atoms with Crippen molar-refractivity contribution in [2.75, 3.05) is 0 Å². The van der Waals surface area contributed by atoms with Gasteiger partial charge in [-0.3, -0.25) is 0 Å². The molecule has 0 aliphatic carbocycles. The van der Waals surface area contributed by atoms with Crippen molar-refractivity contribution in [2.24, 2.45) is 11.7 Å². The lowest BCUT2D eigenvalue weighted by molar-refractivity contribution is 0.535. The van der Waals surface area contributed by atoms with Gasteiger partial charge in [0.05, 0.1) is 6.54 Å². The van der Waals surface area contributed by atoms with E-state index in [9.17, 15) is 0 Å². The van der Waals surface area contributed by atoms with Crippen molar-refractivity contribution in [3.8, 4) is 0 Å². The summed E-state index contributed by atoms with van der Waals surface area (Å²) in [7, 11) is 0. The fourth-order valence-electron chi connectivity index (χ4n) is 2.50. The molecule has 0 atom stereocenters. The van der Waals surface area contributed by atoms with E-state index in [2.05, 4.69) is 20.8 Å². The molecule has 0 aliphatic rings. The third kappa shape index (κ3) is 2.15. The molecule has 1 heterocycles. The van der Waals surface area contributed by atoms with Gasteiger partial charge in [0.25, 0.3) is 0 Å². The Morgan fingerprint density at radius 1 is 1.33 bits per heavy atom. The van der Waals surface area contributed by atoms with Crippen LogP contribution in [0.4, 0.5) is 0 Å². The first-order chi connectivity index (χ1) is 8.45. The van der Waals surface area contributed by atoms with Crippen molar-refractivity contribution in [3.63, 3.8) is 0 Å². The number of rotatable bonds is 3. The maximum Gasteiger partial charge on any atom is 0.135 e. The van der Waals surface area contributed by atoms with Crippen LogP contribution < -0.4 is 5.73 Å². The summed E-state index contributed by atoms with van der Waals surface area (Å²) >= 11 is 6.34. The van der Waals surface area contributed by atoms with E-state index in [1.54, 1.807) is 0 Å². The van der Waals surface area contributed by atoms with Crippen LogP contribution in [0.5, 0.6) is 0 Å². The van der Waals surface area contributed by atoms with Gasteiger partial charge < -0.3 is 10.2 Å². The highest BCUT2D eigenvalue weighted by Crippen LogP contribution is 2.35. The summed E-state index contributed by atoms with van der Waals surface area (Å²) in [6.07, 6.45) is 0.972. The summed E-state index contributed by atoms with van der Waals surface area (Å²) in [5.74, 6) is 1.46. The molecule has 0 unspecified atom stereocenters. The molecule has 2 nitrogen and oxygen atoms in total. The van der Waals surface area contributed by atoms with Crippen LogP contribution in [0.15, 0.2) is 10.5 Å². The van der Waals surface area contributed by atoms with Gasteiger partial charge in [-0.15, -0.1) is 0 Å². The topological polar surface area (TPSA) is 39.2 Å². The Morgan fingerprint density at radius 3 is 2.56 bits per heavy atom. The highest BCUT2D eigenvalue weighted by Gasteiger charge is 2.18. The molecule has 0 spiro atoms. The van der Waals surface area contributed by atoms with E-state index >= 15 is 0 Å². The zero-order valence-electron chi connectivity index (χ0n) is 11.4. The van der Waals surface area contributed by atoms with Crippen LogP contribution in [-0.2, 0) is 13.0 Å². The Balaban J connectivity index is 2.76. The smallest absolute Gasteiger partial charge is 0.135 e. The first-order valence-corrected chi connectivity index (χ1v) is 6.73. The molecule has 2 rings (SSSR count). The molecule has 3 heteroatoms. The Morgan fingerprint density at radius 2 is 2.00 bits per heavy atom. The van der Waals surface area contributed by atoms with E-state index in [4.69, 9.17) is 21.8 Å². The molecule has 0 aliphatic heterocycles. The van der Waals surface area contributed by atoms with Gasteiger partial charge in [0.1, 0.15) is 11.3 Å². The molecule has 0 amide bonds. The Hall–Kier alpha value is -0.990. The van der Waals surface area contributed by atoms with Gasteiger partial charge in [0, 0.05) is 16.0 Å². The van der Waals surface area contributed by atoms with Gasteiger partial charge >= 0.3 is 0 Å². The number of furan rings is 1. The first kappa shape index (κ1) is 13.4. The van der Waals surface area contributed by atoms with E-state index in [0.717, 1.165) is 39.3 Å². The highest BCUT2D eigenvalue weighted by atomic mass is 35.5. The van der Waals surface area contributed by atoms with Crippen LogP contribution in [-0.4, -0.2) is 0 Å². The summed E-state index contributed by atoms with van der Waals surface area (Å²) in [4.78, 5) is 0. The van der Waals surface area contributed by atoms with Crippen LogP contribution in [0, 0.1) is 19.8 Å². The normalized spacial score (nSPS) is 11.7. The maximum absolute atomic E-state index is 6.34. The second-order valence-electron chi connectivity index (χ2n) is 5.31. The Kier molecular flexibility index (Phi) is 3.69. The number of benzene rings is 1. The van der Waals surface area contributed by atoms with E-state index in [-0.39, 0.29) is 0 Å². The molecule has 18 heavy (non-hydrogen) atoms. The van der Waals surface area contributed by atoms with Crippen molar-refractivity contribution >= 4 is 22.6 Å². The minimum atomic E-state index is 0.437. The quantitative estimate of drug-likeness (QED) is 0.896. The van der Waals surface area contributed by atoms with Gasteiger partial charge in [-0.05, 0) is 43.4 Å². The fraction of sp³-hybridized carbons (Fsp3) is 0.467. The Bertz CT molecular complexity index is 584. The second kappa shape index (κ2) is 4.94. The number of nitrogens with two attached hydrogens (primary N) is 1. The lowest BCUT2D eigenvalue weighted by Gasteiger charge is -2.08. The SMILES string of the molecule is Cc1cc2oc(CN)c(CC(C)C)c2c(C)c1Cl. The molecule has 2 N–H and O–H groups in total. The molecule has 0 fully saturated rings. The molecule has 2 aromatic rings. The van der Waals surface area contributed by atoms with Crippen LogP contribution in [0.1, 0.15) is 36.3 Å². The van der Waals surface area contributed by atoms with E-state index in [1.807, 2.05) is 13.0 Å². The molecule has 1 aromatic carbocycles. The maximum atomic E-state index is 6.34. The van der Waals surface area contributed by atoms with Crippen LogP contribution in [0.25, 0.3) is 11.0 Å². The highest BCUT2D eigenvalue weighted by molar-refractivity contribution is 6.33. The summed E-state index contributed by atoms with van der Waals surface area (Å²) in [6, 6.07) is 2.01. The van der Waals surface area contributed by atoms with E-state index in [1.165, 1.54) is 5.56 Å². The molecular formula is C15H20ClNO. The van der Waals surface area contributed by atoms with Crippen LogP contribution in [0.3, 0.4) is 0 Å². The predicted molar refractivity (Wildman–Crippen MR) is 77.1 cm³/mol. The van der Waals surface area contributed by atoms with Crippen molar-refractivity contribution in [1.82, 2.24) is 0 Å². The summed E-state index contributed by atoms with van der Waals surface area (Å²) < 4.78 is 5.88. The Labute approximate surface area is 113 Å². The van der Waals surface area contributed by atoms with E-state index in [0.29, 0.717) is 12.5 Å². The van der Waals surface area contributed by atoms with Crippen LogP contribution in [0.2, 0.25) is 5.02 Å². The zero-order chi connectivity index (χ0) is 13.4. The molecule has 0 bridgehead atoms. The number of halogens is 1. The van der Waals surface area contributed by atoms with Crippen molar-refractivity contribution in [1.29, 1.82) is 0 Å². The number of hydrogen-bond donors (Lipinski definition) is 1. The van der Waals surface area contributed by atoms with Crippen LogP contribution >= 0.6 is 11.6 Å². The second-order valence-corrected chi connectivity index (χ2v) is 5.69. The number of aryl methyl sites for hydroxylation is 2. The van der Waals surface area contributed by atoms with Crippen molar-refractivity contribution < 1.29 is 4.42 Å². The van der Waals surface area contributed by atoms with Gasteiger partial charge in [0.2, 0.25) is 0 Å². The van der Waals surface area contributed by atoms with Crippen molar-refractivity contribution in [2.45, 2.75) is 40.7 Å². The molecule has 1 aromatic heterocycles. The molecule has 0 radical (unpaired) electrons. The molecule has 98 valence electrons. The summed E-state index contributed by atoms with van der Waals surface area (Å²) in [5.41, 5.74) is 10.1. The third-order valence-corrected chi connectivity index (χ3v) is 3.90. The first-order valence-electron chi connectivity index (χ1n) is 6.35. The zero-order valence-corrected chi connectivity index (χ0v) is 12.2. The van der Waals surface area contributed by atoms with E-state index < -0.39 is 0 Å². The minimum Gasteiger partial charge on any atom is -0.459 e. The summed E-state index contributed by atoms with van der Waals surface area (Å²) in [5, 5.41) is 1.98. The largest absolute Gasteiger partial charge is 0.459 e. The van der Waals surface area contributed by atoms with Crippen molar-refractivity contribution in [3.05, 3.63) is 33.5 Å². The molecule has 0 saturated heterocycles. The van der Waals surface area contributed by atoms with Gasteiger partial charge in [-0.25, -0.2) is 0 Å². The predicted octanol–water partition coefficient (Wildman–Crippen LogP) is 4.36. The van der Waals surface area contributed by atoms with Gasteiger partial charge in [0.15, 0.2) is 0 Å². The lowest BCUT2D eigenvalue weighted by Crippen LogP contribution is -2.02. The number of hydrogen-bond acceptors (Lipinski definition) is 2. The van der Waals surface area contributed by atoms with Gasteiger partial charge in [-0.2, -0.15) is 0 Å². The number of fused-ring (bicyclic) bond motifs is 1. The molecule has 0 saturated carbocycles. The minimum absolute atomic E-state index is 0.437. The fourth-order valence-corrected chi connectivity index (χ4v) is 2.65. The summed E-state index contributed by atoms with van der Waals surface area (Å²) in [6.45, 7) is 8.89. The average Bonchev–Trinajstić information content (AvgIpc) is 2.63. The average molecular weight is 266 g/mol. The monoisotopic (exact) mass is 265 g/mol. The van der Waals surface area contributed by atoms with Gasteiger partial charge in [-0.1, -0.05) is 25.4 Å². The molecular weight excluding hydrogens is 246 g/mol.